The predicted octanol–water partition coefficient (Wildman–Crippen LogP) is 4.57. The number of rotatable bonds is 7. The molecule has 2 fully saturated rings. The maximum atomic E-state index is 12.9. The molecule has 1 aromatic carbocycles. The van der Waals surface area contributed by atoms with Crippen molar-refractivity contribution in [2.45, 2.75) is 52.1 Å². The van der Waals surface area contributed by atoms with E-state index in [0.717, 1.165) is 57.7 Å². The molecule has 9 heteroatoms. The van der Waals surface area contributed by atoms with E-state index in [9.17, 15) is 4.79 Å². The fourth-order valence-corrected chi connectivity index (χ4v) is 5.18. The molecular weight excluding hydrogens is 476 g/mol. The molecule has 0 spiro atoms. The van der Waals surface area contributed by atoms with Crippen LogP contribution >= 0.6 is 11.6 Å². The molecule has 1 atom stereocenters. The number of allylic oxidation sites excluding steroid dienone is 2. The Hall–Kier alpha value is -2.97. The van der Waals surface area contributed by atoms with Gasteiger partial charge in [-0.15, -0.1) is 10.2 Å². The second-order valence-electron chi connectivity index (χ2n) is 9.39. The van der Waals surface area contributed by atoms with Gasteiger partial charge in [0.05, 0.1) is 0 Å². The van der Waals surface area contributed by atoms with E-state index in [1.165, 1.54) is 0 Å². The molecule has 2 saturated heterocycles. The summed E-state index contributed by atoms with van der Waals surface area (Å²) < 4.78 is 5.48. The van der Waals surface area contributed by atoms with E-state index < -0.39 is 0 Å². The lowest BCUT2D eigenvalue weighted by Gasteiger charge is -2.48. The minimum Gasteiger partial charge on any atom is -0.420 e. The lowest BCUT2D eigenvalue weighted by atomic mass is 9.97. The van der Waals surface area contributed by atoms with Gasteiger partial charge in [-0.1, -0.05) is 25.1 Å². The number of aromatic nitrogens is 2. The van der Waals surface area contributed by atoms with E-state index >= 15 is 0 Å². The van der Waals surface area contributed by atoms with Crippen molar-refractivity contribution in [1.82, 2.24) is 24.9 Å². The summed E-state index contributed by atoms with van der Waals surface area (Å²) in [5, 5.41) is 8.55. The number of aryl methyl sites for hydroxylation is 1. The summed E-state index contributed by atoms with van der Waals surface area (Å²) in [6.07, 6.45) is 6.58. The Bertz CT molecular complexity index is 1120. The van der Waals surface area contributed by atoms with Crippen molar-refractivity contribution in [2.24, 2.45) is 4.99 Å². The molecule has 1 aromatic heterocycles. The molecule has 192 valence electrons. The van der Waals surface area contributed by atoms with Crippen LogP contribution in [0.4, 0.5) is 0 Å². The smallest absolute Gasteiger partial charge is 0.266 e. The van der Waals surface area contributed by atoms with Crippen LogP contribution in [0.1, 0.15) is 55.2 Å². The van der Waals surface area contributed by atoms with Crippen molar-refractivity contribution >= 4 is 23.2 Å². The first kappa shape index (κ1) is 26.1. The molecule has 3 heterocycles. The number of hydrogen-bond acceptors (Lipinski definition) is 7. The van der Waals surface area contributed by atoms with Crippen LogP contribution < -0.4 is 0 Å². The van der Waals surface area contributed by atoms with E-state index in [2.05, 4.69) is 45.4 Å². The number of halogens is 1. The molecule has 0 aliphatic carbocycles. The van der Waals surface area contributed by atoms with Gasteiger partial charge >= 0.3 is 0 Å². The number of piperazine rings is 1. The number of nitrogens with zero attached hydrogens (tertiary/aromatic N) is 6. The van der Waals surface area contributed by atoms with Crippen molar-refractivity contribution in [2.75, 3.05) is 32.7 Å². The van der Waals surface area contributed by atoms with Gasteiger partial charge in [0.1, 0.15) is 5.71 Å². The number of carbonyl (C=O) groups is 1. The van der Waals surface area contributed by atoms with Crippen LogP contribution in [-0.4, -0.2) is 81.3 Å². The van der Waals surface area contributed by atoms with Crippen LogP contribution in [0.25, 0.3) is 0 Å². The molecule has 4 rings (SSSR count). The summed E-state index contributed by atoms with van der Waals surface area (Å²) in [4.78, 5) is 24.5. The summed E-state index contributed by atoms with van der Waals surface area (Å²) in [5.74, 6) is 0.976. The van der Waals surface area contributed by atoms with Gasteiger partial charge in [-0.25, -0.2) is 4.99 Å². The quantitative estimate of drug-likeness (QED) is 0.508. The average Bonchev–Trinajstić information content (AvgIpc) is 3.34. The van der Waals surface area contributed by atoms with Gasteiger partial charge in [-0.2, -0.15) is 0 Å². The van der Waals surface area contributed by atoms with Gasteiger partial charge in [-0.3, -0.25) is 9.69 Å². The molecule has 0 N–H and O–H groups in total. The Kier molecular flexibility index (Phi) is 8.59. The fraction of sp³-hybridized carbons (Fsp3) is 0.481. The standard InChI is InChI=1S/C27H35ClN6O2/c1-5-23-18-33(19(3)17-29-25(6-2)26-31-30-20(4)36-26)15-16-34(23)24-11-13-32(14-12-24)27(35)21-7-9-22(28)10-8-21/h6-10,17,23-24H,2,5,11-16,18H2,1,3-4H3/b19-17+,29-25?. The molecule has 1 amide bonds. The maximum absolute atomic E-state index is 12.9. The predicted molar refractivity (Wildman–Crippen MR) is 142 cm³/mol. The number of carbonyl (C=O) groups excluding carboxylic acids is 1. The molecule has 2 aliphatic heterocycles. The number of amides is 1. The Morgan fingerprint density at radius 3 is 2.50 bits per heavy atom. The van der Waals surface area contributed by atoms with Crippen molar-refractivity contribution < 1.29 is 9.21 Å². The monoisotopic (exact) mass is 510 g/mol. The van der Waals surface area contributed by atoms with Gasteiger partial charge in [0.15, 0.2) is 0 Å². The first-order valence-electron chi connectivity index (χ1n) is 12.6. The molecular formula is C27H35ClN6O2. The van der Waals surface area contributed by atoms with Gasteiger partial charge < -0.3 is 14.2 Å². The van der Waals surface area contributed by atoms with Gasteiger partial charge in [-0.05, 0) is 56.5 Å². The fourth-order valence-electron chi connectivity index (χ4n) is 5.05. The van der Waals surface area contributed by atoms with Crippen molar-refractivity contribution in [3.63, 3.8) is 0 Å². The number of aliphatic imine (C=N–C) groups is 1. The summed E-state index contributed by atoms with van der Waals surface area (Å²) in [7, 11) is 0. The van der Waals surface area contributed by atoms with E-state index in [1.54, 1.807) is 25.1 Å². The van der Waals surface area contributed by atoms with Gasteiger partial charge in [0.25, 0.3) is 11.8 Å². The third kappa shape index (κ3) is 6.05. The zero-order chi connectivity index (χ0) is 25.7. The van der Waals surface area contributed by atoms with Crippen molar-refractivity contribution in [3.05, 3.63) is 71.2 Å². The third-order valence-electron chi connectivity index (χ3n) is 7.14. The molecule has 0 bridgehead atoms. The molecule has 2 aliphatic rings. The van der Waals surface area contributed by atoms with E-state index in [1.807, 2.05) is 23.2 Å². The zero-order valence-electron chi connectivity index (χ0n) is 21.4. The highest BCUT2D eigenvalue weighted by Crippen LogP contribution is 2.26. The lowest BCUT2D eigenvalue weighted by Crippen LogP contribution is -2.58. The normalized spacial score (nSPS) is 20.6. The minimum absolute atomic E-state index is 0.0953. The Morgan fingerprint density at radius 1 is 1.17 bits per heavy atom. The second-order valence-corrected chi connectivity index (χ2v) is 9.83. The van der Waals surface area contributed by atoms with Crippen molar-refractivity contribution in [1.29, 1.82) is 0 Å². The minimum atomic E-state index is 0.0953. The SMILES string of the molecule is C=CC(=N/C=C(\C)N1CCN(C2CCN(C(=O)c3ccc(Cl)cc3)CC2)C(CC)C1)c1nnc(C)o1. The zero-order valence-corrected chi connectivity index (χ0v) is 22.1. The molecule has 1 unspecified atom stereocenters. The van der Waals surface area contributed by atoms with Gasteiger partial charge in [0.2, 0.25) is 5.89 Å². The summed E-state index contributed by atoms with van der Waals surface area (Å²) >= 11 is 5.97. The highest BCUT2D eigenvalue weighted by atomic mass is 35.5. The van der Waals surface area contributed by atoms with Crippen molar-refractivity contribution in [3.8, 4) is 0 Å². The Balaban J connectivity index is 1.34. The maximum Gasteiger partial charge on any atom is 0.266 e. The summed E-state index contributed by atoms with van der Waals surface area (Å²) in [5.41, 5.74) is 2.38. The van der Waals surface area contributed by atoms with Crippen LogP contribution in [0, 0.1) is 6.92 Å². The summed E-state index contributed by atoms with van der Waals surface area (Å²) in [6.45, 7) is 14.4. The molecule has 8 nitrogen and oxygen atoms in total. The topological polar surface area (TPSA) is 78.1 Å². The lowest BCUT2D eigenvalue weighted by molar-refractivity contribution is 0.0228. The van der Waals surface area contributed by atoms with E-state index in [0.29, 0.717) is 40.2 Å². The number of likely N-dealkylation sites (tertiary alicyclic amines) is 1. The summed E-state index contributed by atoms with van der Waals surface area (Å²) in [6, 6.07) is 8.14. The van der Waals surface area contributed by atoms with E-state index in [4.69, 9.17) is 16.0 Å². The van der Waals surface area contributed by atoms with Crippen LogP contribution in [0.2, 0.25) is 5.02 Å². The number of benzene rings is 1. The average molecular weight is 511 g/mol. The molecule has 0 saturated carbocycles. The van der Waals surface area contributed by atoms with Crippen LogP contribution in [-0.2, 0) is 0 Å². The first-order chi connectivity index (χ1) is 17.4. The number of hydrogen-bond donors (Lipinski definition) is 0. The first-order valence-corrected chi connectivity index (χ1v) is 13.0. The van der Waals surface area contributed by atoms with E-state index in [-0.39, 0.29) is 5.91 Å². The van der Waals surface area contributed by atoms with Crippen LogP contribution in [0.3, 0.4) is 0 Å². The van der Waals surface area contributed by atoms with Gasteiger partial charge in [0, 0.05) is 74.2 Å². The largest absolute Gasteiger partial charge is 0.420 e. The van der Waals surface area contributed by atoms with Crippen LogP contribution in [0.15, 0.2) is 58.2 Å². The third-order valence-corrected chi connectivity index (χ3v) is 7.39. The molecule has 2 aromatic rings. The molecule has 0 radical (unpaired) electrons. The van der Waals surface area contributed by atoms with Crippen LogP contribution in [0.5, 0.6) is 0 Å². The highest BCUT2D eigenvalue weighted by molar-refractivity contribution is 6.30. The molecule has 36 heavy (non-hydrogen) atoms. The second kappa shape index (κ2) is 11.8. The Labute approximate surface area is 218 Å². The number of piperidine rings is 1. The highest BCUT2D eigenvalue weighted by Gasteiger charge is 2.34. The Morgan fingerprint density at radius 2 is 1.89 bits per heavy atom.